The lowest BCUT2D eigenvalue weighted by Gasteiger charge is -2.25. The number of amidine groups is 1. The Morgan fingerprint density at radius 2 is 2.14 bits per heavy atom. The molecule has 1 amide bonds. The maximum Gasteiger partial charge on any atom is 0.233 e. The summed E-state index contributed by atoms with van der Waals surface area (Å²) in [5.41, 5.74) is 5.99. The van der Waals surface area contributed by atoms with E-state index in [1.807, 2.05) is 13.8 Å². The van der Waals surface area contributed by atoms with E-state index in [-0.39, 0.29) is 24.2 Å². The number of amides is 1. The lowest BCUT2D eigenvalue weighted by atomic mass is 10.1. The predicted octanol–water partition coefficient (Wildman–Crippen LogP) is 1.23. The highest BCUT2D eigenvalue weighted by molar-refractivity contribution is 6.14. The molecule has 0 aromatic carbocycles. The van der Waals surface area contributed by atoms with Crippen LogP contribution < -0.4 is 5.73 Å². The van der Waals surface area contributed by atoms with Gasteiger partial charge in [-0.15, -0.1) is 0 Å². The molecule has 3 N–H and O–H groups in total. The van der Waals surface area contributed by atoms with Crippen molar-refractivity contribution < 1.29 is 4.79 Å². The highest BCUT2D eigenvalue weighted by Crippen LogP contribution is 2.23. The molecule has 0 radical (unpaired) electrons. The molecule has 0 aliphatic carbocycles. The fraction of sp³-hybridized carbons (Fsp3) is 0.600. The van der Waals surface area contributed by atoms with Crippen molar-refractivity contribution in [3.8, 4) is 0 Å². The molecule has 78 valence electrons. The summed E-state index contributed by atoms with van der Waals surface area (Å²) in [6, 6.07) is 0.146. The third kappa shape index (κ3) is 1.64. The minimum absolute atomic E-state index is 0.000370. The van der Waals surface area contributed by atoms with Gasteiger partial charge in [0.15, 0.2) is 0 Å². The van der Waals surface area contributed by atoms with E-state index >= 15 is 0 Å². The van der Waals surface area contributed by atoms with Crippen molar-refractivity contribution in [2.45, 2.75) is 39.2 Å². The van der Waals surface area contributed by atoms with Crippen LogP contribution in [-0.2, 0) is 4.79 Å². The second-order valence-corrected chi connectivity index (χ2v) is 3.45. The molecule has 1 saturated heterocycles. The highest BCUT2D eigenvalue weighted by Gasteiger charge is 2.34. The van der Waals surface area contributed by atoms with Gasteiger partial charge in [-0.1, -0.05) is 13.8 Å². The Morgan fingerprint density at radius 1 is 1.57 bits per heavy atom. The average Bonchev–Trinajstić information content (AvgIpc) is 2.46. The zero-order chi connectivity index (χ0) is 10.7. The van der Waals surface area contributed by atoms with Gasteiger partial charge in [-0.25, -0.2) is 0 Å². The normalized spacial score (nSPS) is 20.2. The molecule has 1 aliphatic rings. The first-order valence-corrected chi connectivity index (χ1v) is 4.97. The summed E-state index contributed by atoms with van der Waals surface area (Å²) < 4.78 is 0. The minimum Gasteiger partial charge on any atom is -0.404 e. The minimum atomic E-state index is 0.000370. The van der Waals surface area contributed by atoms with Crippen molar-refractivity contribution in [2.24, 2.45) is 5.73 Å². The van der Waals surface area contributed by atoms with Crippen molar-refractivity contribution in [3.05, 3.63) is 11.8 Å². The third-order valence-electron chi connectivity index (χ3n) is 2.66. The molecule has 1 fully saturated rings. The number of likely N-dealkylation sites (tertiary alicyclic amines) is 1. The van der Waals surface area contributed by atoms with Gasteiger partial charge in [0.1, 0.15) is 5.84 Å². The highest BCUT2D eigenvalue weighted by atomic mass is 16.2. The molecular weight excluding hydrogens is 178 g/mol. The van der Waals surface area contributed by atoms with Crippen LogP contribution in [0.5, 0.6) is 0 Å². The fourth-order valence-electron chi connectivity index (χ4n) is 1.79. The van der Waals surface area contributed by atoms with Crippen LogP contribution in [0.25, 0.3) is 0 Å². The fourth-order valence-corrected chi connectivity index (χ4v) is 1.79. The van der Waals surface area contributed by atoms with Gasteiger partial charge < -0.3 is 5.73 Å². The number of carbonyl (C=O) groups is 1. The molecule has 0 unspecified atom stereocenters. The van der Waals surface area contributed by atoms with Gasteiger partial charge >= 0.3 is 0 Å². The van der Waals surface area contributed by atoms with Crippen molar-refractivity contribution in [2.75, 3.05) is 0 Å². The molecule has 0 bridgehead atoms. The van der Waals surface area contributed by atoms with Gasteiger partial charge in [0.2, 0.25) is 5.91 Å². The molecule has 0 saturated carbocycles. The smallest absolute Gasteiger partial charge is 0.233 e. The van der Waals surface area contributed by atoms with Crippen molar-refractivity contribution >= 4 is 11.7 Å². The maximum atomic E-state index is 11.6. The van der Waals surface area contributed by atoms with Gasteiger partial charge in [0.05, 0.1) is 6.42 Å². The first-order valence-electron chi connectivity index (χ1n) is 4.97. The van der Waals surface area contributed by atoms with E-state index in [0.29, 0.717) is 5.57 Å². The van der Waals surface area contributed by atoms with Crippen LogP contribution in [0.1, 0.15) is 33.1 Å². The molecule has 0 atom stereocenters. The van der Waals surface area contributed by atoms with Crippen LogP contribution in [-0.4, -0.2) is 22.7 Å². The lowest BCUT2D eigenvalue weighted by Crippen LogP contribution is -2.38. The van der Waals surface area contributed by atoms with E-state index in [0.717, 1.165) is 12.8 Å². The number of carbonyl (C=O) groups excluding carboxylic acids is 1. The largest absolute Gasteiger partial charge is 0.404 e. The predicted molar refractivity (Wildman–Crippen MR) is 55.8 cm³/mol. The molecule has 0 aromatic heterocycles. The topological polar surface area (TPSA) is 70.2 Å². The molecule has 4 heteroatoms. The third-order valence-corrected chi connectivity index (χ3v) is 2.66. The van der Waals surface area contributed by atoms with Crippen molar-refractivity contribution in [3.63, 3.8) is 0 Å². The van der Waals surface area contributed by atoms with E-state index < -0.39 is 0 Å². The zero-order valence-corrected chi connectivity index (χ0v) is 8.71. The standard InChI is InChI=1S/C10H17N3O/c1-3-8(4-2)13-9(14)5-7(6-11)10(13)12/h6,8,12H,3-5,11H2,1-2H3/b7-6-,12-10?. The Kier molecular flexibility index (Phi) is 3.28. The molecule has 1 rings (SSSR count). The van der Waals surface area contributed by atoms with Gasteiger partial charge in [-0.2, -0.15) is 0 Å². The Hall–Kier alpha value is -1.32. The number of hydrogen-bond acceptors (Lipinski definition) is 3. The molecule has 0 aromatic rings. The van der Waals surface area contributed by atoms with Crippen LogP contribution in [0.15, 0.2) is 11.8 Å². The van der Waals surface area contributed by atoms with E-state index in [1.165, 1.54) is 6.20 Å². The monoisotopic (exact) mass is 195 g/mol. The number of hydrogen-bond donors (Lipinski definition) is 2. The number of rotatable bonds is 3. The molecule has 0 spiro atoms. The van der Waals surface area contributed by atoms with E-state index in [9.17, 15) is 4.79 Å². The summed E-state index contributed by atoms with van der Waals surface area (Å²) in [5.74, 6) is 0.284. The zero-order valence-electron chi connectivity index (χ0n) is 8.71. The molecular formula is C10H17N3O. The molecule has 1 heterocycles. The van der Waals surface area contributed by atoms with Crippen LogP contribution in [0.2, 0.25) is 0 Å². The summed E-state index contributed by atoms with van der Waals surface area (Å²) in [4.78, 5) is 13.2. The number of nitrogens with one attached hydrogen (secondary N) is 1. The average molecular weight is 195 g/mol. The molecule has 14 heavy (non-hydrogen) atoms. The summed E-state index contributed by atoms with van der Waals surface area (Å²) in [6.07, 6.45) is 3.40. The second kappa shape index (κ2) is 4.26. The SMILES string of the molecule is CCC(CC)N1C(=N)/C(=C\N)CC1=O. The van der Waals surface area contributed by atoms with E-state index in [2.05, 4.69) is 0 Å². The lowest BCUT2D eigenvalue weighted by molar-refractivity contribution is -0.127. The maximum absolute atomic E-state index is 11.6. The van der Waals surface area contributed by atoms with Gasteiger partial charge in [-0.3, -0.25) is 15.1 Å². The summed E-state index contributed by atoms with van der Waals surface area (Å²) in [6.45, 7) is 4.05. The van der Waals surface area contributed by atoms with Gasteiger partial charge in [0, 0.05) is 17.8 Å². The Morgan fingerprint density at radius 3 is 2.50 bits per heavy atom. The Bertz CT molecular complexity index is 279. The van der Waals surface area contributed by atoms with Gasteiger partial charge in [0.25, 0.3) is 0 Å². The Labute approximate surface area is 84.3 Å². The second-order valence-electron chi connectivity index (χ2n) is 3.45. The van der Waals surface area contributed by atoms with Crippen LogP contribution >= 0.6 is 0 Å². The van der Waals surface area contributed by atoms with Crippen molar-refractivity contribution in [1.29, 1.82) is 5.41 Å². The number of nitrogens with two attached hydrogens (primary N) is 1. The molecule has 4 nitrogen and oxygen atoms in total. The van der Waals surface area contributed by atoms with Crippen molar-refractivity contribution in [1.82, 2.24) is 4.90 Å². The number of nitrogens with zero attached hydrogens (tertiary/aromatic N) is 1. The van der Waals surface area contributed by atoms with Crippen LogP contribution in [0, 0.1) is 5.41 Å². The Balaban J connectivity index is 2.89. The summed E-state index contributed by atoms with van der Waals surface area (Å²) >= 11 is 0. The quantitative estimate of drug-likeness (QED) is 0.711. The summed E-state index contributed by atoms with van der Waals surface area (Å²) in [5, 5.41) is 7.79. The van der Waals surface area contributed by atoms with Crippen LogP contribution in [0.4, 0.5) is 0 Å². The van der Waals surface area contributed by atoms with E-state index in [1.54, 1.807) is 4.90 Å². The summed E-state index contributed by atoms with van der Waals surface area (Å²) in [7, 11) is 0. The molecule has 1 aliphatic heterocycles. The van der Waals surface area contributed by atoms with E-state index in [4.69, 9.17) is 11.1 Å². The van der Waals surface area contributed by atoms with Crippen LogP contribution in [0.3, 0.4) is 0 Å². The first kappa shape index (κ1) is 10.8. The first-order chi connectivity index (χ1) is 6.65. The van der Waals surface area contributed by atoms with Gasteiger partial charge in [-0.05, 0) is 12.8 Å².